The molecule has 0 radical (unpaired) electrons. The molecule has 2 saturated carbocycles. The number of benzene rings is 1. The van der Waals surface area contributed by atoms with Gasteiger partial charge in [-0.1, -0.05) is 25.3 Å². The van der Waals surface area contributed by atoms with Gasteiger partial charge in [-0.3, -0.25) is 14.3 Å². The summed E-state index contributed by atoms with van der Waals surface area (Å²) in [5.74, 6) is -0.672. The second-order valence-electron chi connectivity index (χ2n) is 10.0. The first kappa shape index (κ1) is 32.6. The number of aromatic nitrogens is 2. The van der Waals surface area contributed by atoms with Crippen LogP contribution in [0.3, 0.4) is 0 Å². The van der Waals surface area contributed by atoms with E-state index < -0.39 is 24.3 Å². The topological polar surface area (TPSA) is 105 Å². The number of carbonyl (C=O) groups is 2. The quantitative estimate of drug-likeness (QED) is 0.168. The van der Waals surface area contributed by atoms with Crippen molar-refractivity contribution in [2.75, 3.05) is 0 Å². The molecule has 1 aromatic carbocycles. The summed E-state index contributed by atoms with van der Waals surface area (Å²) in [6.45, 7) is 1.12. The van der Waals surface area contributed by atoms with Crippen molar-refractivity contribution >= 4 is 24.3 Å². The summed E-state index contributed by atoms with van der Waals surface area (Å²) in [6, 6.07) is 3.55. The summed E-state index contributed by atoms with van der Waals surface area (Å²) >= 11 is 0.404. The third-order valence-electron chi connectivity index (χ3n) is 6.91. The number of nitrogens with zero attached hydrogens (tertiary/aromatic N) is 2. The van der Waals surface area contributed by atoms with E-state index in [1.807, 2.05) is 0 Å². The third kappa shape index (κ3) is 9.83. The number of rotatable bonds is 9. The van der Waals surface area contributed by atoms with Crippen LogP contribution in [-0.4, -0.2) is 51.9 Å². The number of amides is 1. The summed E-state index contributed by atoms with van der Waals surface area (Å²) < 4.78 is 86.2. The van der Waals surface area contributed by atoms with Crippen LogP contribution in [0.25, 0.3) is 11.3 Å². The van der Waals surface area contributed by atoms with Gasteiger partial charge in [0.25, 0.3) is 12.4 Å². The van der Waals surface area contributed by atoms with Crippen molar-refractivity contribution in [1.82, 2.24) is 19.8 Å². The van der Waals surface area contributed by atoms with E-state index in [-0.39, 0.29) is 29.0 Å². The number of halogens is 6. The monoisotopic (exact) mass is 610 g/mol. The average molecular weight is 611 g/mol. The van der Waals surface area contributed by atoms with E-state index in [0.717, 1.165) is 64.4 Å². The highest BCUT2D eigenvalue weighted by molar-refractivity contribution is 7.97. The molecule has 0 saturated heterocycles. The second kappa shape index (κ2) is 14.3. The summed E-state index contributed by atoms with van der Waals surface area (Å²) in [7, 11) is 0. The molecule has 15 heteroatoms. The lowest BCUT2D eigenvalue weighted by Gasteiger charge is -2.25. The molecule has 2 fully saturated rings. The van der Waals surface area contributed by atoms with Gasteiger partial charge in [-0.15, -0.1) is 13.2 Å². The minimum atomic E-state index is -5.06. The van der Waals surface area contributed by atoms with Crippen molar-refractivity contribution in [2.24, 2.45) is 5.92 Å². The standard InChI is InChI=1S/C25H30F6N4O2S.CH2O2/c1-15(24(26,27)28)34-38-22-11-10-17(12-21(22)37-25(29,30)31)20-13-19(23(36)32-18-8-5-9-18)33-35(20)14-16-6-3-2-4-7-16;2-1-3/h10-13,15-16,18,34H,2-9,14H2,1H3,(H,32,36);1H,(H,2,3). The van der Waals surface area contributed by atoms with Crippen LogP contribution in [-0.2, 0) is 11.3 Å². The molecular weight excluding hydrogens is 578 g/mol. The van der Waals surface area contributed by atoms with E-state index in [4.69, 9.17) is 9.90 Å². The van der Waals surface area contributed by atoms with Gasteiger partial charge >= 0.3 is 12.5 Å². The third-order valence-corrected chi connectivity index (χ3v) is 7.94. The second-order valence-corrected chi connectivity index (χ2v) is 10.9. The number of hydrogen-bond donors (Lipinski definition) is 3. The van der Waals surface area contributed by atoms with Crippen molar-refractivity contribution in [3.05, 3.63) is 30.0 Å². The van der Waals surface area contributed by atoms with Gasteiger partial charge in [-0.25, -0.2) is 4.72 Å². The van der Waals surface area contributed by atoms with Crippen LogP contribution in [0.4, 0.5) is 26.3 Å². The molecule has 0 aliphatic heterocycles. The lowest BCUT2D eigenvalue weighted by Crippen LogP contribution is -2.39. The van der Waals surface area contributed by atoms with E-state index >= 15 is 0 Å². The molecule has 8 nitrogen and oxygen atoms in total. The van der Waals surface area contributed by atoms with E-state index in [0.29, 0.717) is 35.7 Å². The Kier molecular flexibility index (Phi) is 11.4. The zero-order valence-corrected chi connectivity index (χ0v) is 23.0. The minimum absolute atomic E-state index is 0.0872. The average Bonchev–Trinajstić information content (AvgIpc) is 3.28. The minimum Gasteiger partial charge on any atom is -0.483 e. The molecule has 2 aliphatic carbocycles. The van der Waals surface area contributed by atoms with E-state index in [1.54, 1.807) is 10.7 Å². The van der Waals surface area contributed by atoms with Gasteiger partial charge in [0.15, 0.2) is 5.69 Å². The maximum absolute atomic E-state index is 13.2. The fourth-order valence-electron chi connectivity index (χ4n) is 4.50. The molecule has 228 valence electrons. The first-order valence-electron chi connectivity index (χ1n) is 13.2. The smallest absolute Gasteiger partial charge is 0.483 e. The number of carboxylic acid groups (broad SMARTS) is 1. The lowest BCUT2D eigenvalue weighted by molar-refractivity contribution is -0.275. The first-order chi connectivity index (χ1) is 19.3. The summed E-state index contributed by atoms with van der Waals surface area (Å²) in [6.07, 6.45) is -1.53. The SMILES string of the molecule is CC(NSc1ccc(-c2cc(C(=O)NC3CCC3)nn2CC2CCCCC2)cc1OC(F)(F)F)C(F)(F)F.O=CO. The van der Waals surface area contributed by atoms with Crippen LogP contribution in [0, 0.1) is 5.92 Å². The van der Waals surface area contributed by atoms with Crippen molar-refractivity contribution in [2.45, 2.75) is 94.4 Å². The maximum atomic E-state index is 13.2. The normalized spacial score (nSPS) is 17.1. The summed E-state index contributed by atoms with van der Waals surface area (Å²) in [4.78, 5) is 21.0. The molecule has 1 aromatic heterocycles. The van der Waals surface area contributed by atoms with Crippen molar-refractivity contribution in [1.29, 1.82) is 0 Å². The van der Waals surface area contributed by atoms with Gasteiger partial charge < -0.3 is 15.2 Å². The maximum Gasteiger partial charge on any atom is 0.573 e. The Labute approximate surface area is 237 Å². The highest BCUT2D eigenvalue weighted by Crippen LogP contribution is 2.37. The molecule has 2 aromatic rings. The molecule has 0 spiro atoms. The van der Waals surface area contributed by atoms with Crippen LogP contribution in [0.15, 0.2) is 29.2 Å². The Hall–Kier alpha value is -2.94. The Bertz CT molecular complexity index is 1160. The Morgan fingerprint density at radius 2 is 1.78 bits per heavy atom. The van der Waals surface area contributed by atoms with Gasteiger partial charge in [0, 0.05) is 18.2 Å². The number of nitrogens with one attached hydrogen (secondary N) is 2. The van der Waals surface area contributed by atoms with E-state index in [1.165, 1.54) is 12.1 Å². The first-order valence-corrected chi connectivity index (χ1v) is 14.0. The molecule has 4 rings (SSSR count). The number of ether oxygens (including phenoxy) is 1. The molecule has 1 amide bonds. The van der Waals surface area contributed by atoms with Gasteiger partial charge in [-0.2, -0.15) is 18.3 Å². The molecule has 0 bridgehead atoms. The Balaban J connectivity index is 0.00000147. The molecule has 2 aliphatic rings. The van der Waals surface area contributed by atoms with Crippen molar-refractivity contribution in [3.63, 3.8) is 0 Å². The molecule has 1 unspecified atom stereocenters. The van der Waals surface area contributed by atoms with E-state index in [9.17, 15) is 31.1 Å². The van der Waals surface area contributed by atoms with Crippen molar-refractivity contribution < 1.29 is 45.8 Å². The number of hydrogen-bond acceptors (Lipinski definition) is 6. The van der Waals surface area contributed by atoms with Gasteiger partial charge in [-0.05, 0) is 75.1 Å². The predicted molar refractivity (Wildman–Crippen MR) is 139 cm³/mol. The highest BCUT2D eigenvalue weighted by Gasteiger charge is 2.37. The fraction of sp³-hybridized carbons (Fsp3) is 0.577. The number of alkyl halides is 6. The number of carbonyl (C=O) groups excluding carboxylic acids is 1. The van der Waals surface area contributed by atoms with Crippen LogP contribution in [0.2, 0.25) is 0 Å². The molecule has 41 heavy (non-hydrogen) atoms. The van der Waals surface area contributed by atoms with Gasteiger partial charge in [0.2, 0.25) is 0 Å². The van der Waals surface area contributed by atoms with Crippen LogP contribution in [0.5, 0.6) is 5.75 Å². The fourth-order valence-corrected chi connectivity index (χ4v) is 5.27. The van der Waals surface area contributed by atoms with Crippen LogP contribution in [0.1, 0.15) is 68.8 Å². The highest BCUT2D eigenvalue weighted by atomic mass is 32.2. The van der Waals surface area contributed by atoms with Crippen LogP contribution < -0.4 is 14.8 Å². The molecule has 3 N–H and O–H groups in total. The lowest BCUT2D eigenvalue weighted by atomic mass is 9.89. The van der Waals surface area contributed by atoms with Gasteiger partial charge in [0.1, 0.15) is 11.8 Å². The largest absolute Gasteiger partial charge is 0.573 e. The Morgan fingerprint density at radius 1 is 1.12 bits per heavy atom. The molecular formula is C26H32F6N4O4S. The van der Waals surface area contributed by atoms with Crippen molar-refractivity contribution in [3.8, 4) is 17.0 Å². The summed E-state index contributed by atoms with van der Waals surface area (Å²) in [5, 5.41) is 14.3. The van der Waals surface area contributed by atoms with E-state index in [2.05, 4.69) is 19.9 Å². The Morgan fingerprint density at radius 3 is 2.34 bits per heavy atom. The van der Waals surface area contributed by atoms with Gasteiger partial charge in [0.05, 0.1) is 10.6 Å². The molecule has 1 heterocycles. The van der Waals surface area contributed by atoms with Crippen LogP contribution >= 0.6 is 11.9 Å². The molecule has 1 atom stereocenters. The zero-order valence-electron chi connectivity index (χ0n) is 22.2. The summed E-state index contributed by atoms with van der Waals surface area (Å²) in [5.41, 5.74) is 0.915. The predicted octanol–water partition coefficient (Wildman–Crippen LogP) is 6.56. The zero-order chi connectivity index (χ0) is 30.2.